The van der Waals surface area contributed by atoms with Gasteiger partial charge < -0.3 is 27.2 Å². The molecule has 26 heavy (non-hydrogen) atoms. The third kappa shape index (κ3) is 3.57. The minimum absolute atomic E-state index is 0.0378. The summed E-state index contributed by atoms with van der Waals surface area (Å²) in [6.07, 6.45) is -3.12. The lowest BCUT2D eigenvalue weighted by Gasteiger charge is -2.13. The van der Waals surface area contributed by atoms with Gasteiger partial charge in [0.25, 0.3) is 0 Å². The highest BCUT2D eigenvalue weighted by Crippen LogP contribution is 2.33. The number of alkyl halides is 3. The van der Waals surface area contributed by atoms with E-state index in [9.17, 15) is 13.2 Å². The van der Waals surface area contributed by atoms with Gasteiger partial charge in [-0.1, -0.05) is 0 Å². The van der Waals surface area contributed by atoms with Crippen molar-refractivity contribution in [1.82, 2.24) is 14.6 Å². The monoisotopic (exact) mass is 367 g/mol. The zero-order valence-corrected chi connectivity index (χ0v) is 13.4. The second-order valence-electron chi connectivity index (χ2n) is 5.48. The van der Waals surface area contributed by atoms with Crippen LogP contribution >= 0.6 is 0 Å². The molecule has 2 aromatic heterocycles. The van der Waals surface area contributed by atoms with Gasteiger partial charge in [0.15, 0.2) is 11.5 Å². The van der Waals surface area contributed by atoms with Crippen LogP contribution in [0.3, 0.4) is 0 Å². The Morgan fingerprint density at radius 1 is 1.15 bits per heavy atom. The lowest BCUT2D eigenvalue weighted by atomic mass is 10.1. The van der Waals surface area contributed by atoms with Gasteiger partial charge in [-0.25, -0.2) is 4.98 Å². The molecule has 11 heteroatoms. The van der Waals surface area contributed by atoms with Crippen molar-refractivity contribution in [2.24, 2.45) is 0 Å². The van der Waals surface area contributed by atoms with Crippen LogP contribution < -0.4 is 22.1 Å². The van der Waals surface area contributed by atoms with Crippen molar-refractivity contribution >= 4 is 34.3 Å². The van der Waals surface area contributed by atoms with Crippen molar-refractivity contribution in [3.8, 4) is 0 Å². The summed E-state index contributed by atoms with van der Waals surface area (Å²) in [7, 11) is 0. The maximum absolute atomic E-state index is 12.9. The molecule has 2 heterocycles. The van der Waals surface area contributed by atoms with E-state index in [4.69, 9.17) is 16.6 Å². The largest absolute Gasteiger partial charge is 0.416 e. The van der Waals surface area contributed by atoms with E-state index >= 15 is 0 Å². The smallest absolute Gasteiger partial charge is 0.399 e. The summed E-state index contributed by atoms with van der Waals surface area (Å²) in [6.45, 7) is 0.139. The second-order valence-corrected chi connectivity index (χ2v) is 5.48. The summed E-state index contributed by atoms with van der Waals surface area (Å²) < 4.78 is 40.2. The summed E-state index contributed by atoms with van der Waals surface area (Å²) in [6, 6.07) is 4.69. The third-order valence-electron chi connectivity index (χ3n) is 3.48. The zero-order valence-electron chi connectivity index (χ0n) is 13.4. The highest BCUT2D eigenvalue weighted by molar-refractivity contribution is 5.74. The number of halogens is 3. The van der Waals surface area contributed by atoms with E-state index in [1.807, 2.05) is 0 Å². The van der Waals surface area contributed by atoms with Crippen molar-refractivity contribution in [1.29, 1.82) is 0 Å². The first kappa shape index (κ1) is 17.6. The van der Waals surface area contributed by atoms with Crippen LogP contribution in [-0.4, -0.2) is 32.9 Å². The fraction of sp³-hybridized carbons (Fsp3) is 0.200. The first-order chi connectivity index (χ1) is 12.3. The summed E-state index contributed by atoms with van der Waals surface area (Å²) >= 11 is 0. The number of nitrogens with zero attached hydrogens (tertiary/aromatic N) is 3. The molecular formula is C15H16F3N7O. The predicted octanol–water partition coefficient (Wildman–Crippen LogP) is 2.06. The molecule has 0 fully saturated rings. The van der Waals surface area contributed by atoms with E-state index in [2.05, 4.69) is 20.7 Å². The number of imidazole rings is 1. The van der Waals surface area contributed by atoms with E-state index in [1.54, 1.807) is 6.07 Å². The van der Waals surface area contributed by atoms with Gasteiger partial charge in [0.1, 0.15) is 5.82 Å². The van der Waals surface area contributed by atoms with E-state index in [1.165, 1.54) is 16.8 Å². The first-order valence-corrected chi connectivity index (χ1v) is 7.51. The number of aromatic nitrogens is 3. The number of anilines is 5. The van der Waals surface area contributed by atoms with E-state index < -0.39 is 11.7 Å². The summed E-state index contributed by atoms with van der Waals surface area (Å²) in [5.41, 5.74) is 11.5. The number of nitrogens with two attached hydrogens (primary N) is 2. The Kier molecular flexibility index (Phi) is 4.47. The first-order valence-electron chi connectivity index (χ1n) is 7.51. The maximum Gasteiger partial charge on any atom is 0.416 e. The average Bonchev–Trinajstić information content (AvgIpc) is 2.93. The zero-order chi connectivity index (χ0) is 18.9. The SMILES string of the molecule is Nc1cc(Nc2cc(NCCO)c3ncc(N)n3n2)cc(C(F)(F)F)c1. The standard InChI is InChI=1S/C15H16F3N7O/c16-15(17,18)8-3-9(19)5-10(4-8)23-13-6-11(21-1-2-26)14-22-7-12(20)25(14)24-13/h3-7,21,26H,1-2,19-20H2,(H,23,24). The maximum atomic E-state index is 12.9. The molecule has 8 nitrogen and oxygen atoms in total. The predicted molar refractivity (Wildman–Crippen MR) is 92.1 cm³/mol. The van der Waals surface area contributed by atoms with Crippen molar-refractivity contribution in [2.75, 3.05) is 35.3 Å². The van der Waals surface area contributed by atoms with Gasteiger partial charge in [-0.3, -0.25) is 0 Å². The molecule has 0 spiro atoms. The molecule has 138 valence electrons. The van der Waals surface area contributed by atoms with Gasteiger partial charge in [-0.05, 0) is 18.2 Å². The minimum Gasteiger partial charge on any atom is -0.399 e. The van der Waals surface area contributed by atoms with Crippen LogP contribution in [0.15, 0.2) is 30.5 Å². The number of benzene rings is 1. The molecule has 3 aromatic rings. The quantitative estimate of drug-likeness (QED) is 0.437. The molecule has 0 aliphatic carbocycles. The van der Waals surface area contributed by atoms with Gasteiger partial charge in [0.2, 0.25) is 0 Å². The lowest BCUT2D eigenvalue weighted by Crippen LogP contribution is -2.10. The average molecular weight is 367 g/mol. The molecule has 0 saturated heterocycles. The molecule has 7 N–H and O–H groups in total. The highest BCUT2D eigenvalue weighted by atomic mass is 19.4. The molecular weight excluding hydrogens is 351 g/mol. The Bertz CT molecular complexity index is 939. The number of hydrogen-bond acceptors (Lipinski definition) is 7. The van der Waals surface area contributed by atoms with Gasteiger partial charge in [0, 0.05) is 24.0 Å². The fourth-order valence-electron chi connectivity index (χ4n) is 2.40. The van der Waals surface area contributed by atoms with Crippen LogP contribution in [0.4, 0.5) is 41.9 Å². The highest BCUT2D eigenvalue weighted by Gasteiger charge is 2.31. The molecule has 0 radical (unpaired) electrons. The fourth-order valence-corrected chi connectivity index (χ4v) is 2.40. The normalized spacial score (nSPS) is 11.7. The van der Waals surface area contributed by atoms with Crippen LogP contribution in [0.2, 0.25) is 0 Å². The summed E-state index contributed by atoms with van der Waals surface area (Å²) in [5.74, 6) is 0.473. The Morgan fingerprint density at radius 3 is 2.62 bits per heavy atom. The Hall–Kier alpha value is -3.21. The Labute approximate surface area is 145 Å². The van der Waals surface area contributed by atoms with Crippen LogP contribution in [-0.2, 0) is 6.18 Å². The number of nitrogen functional groups attached to an aromatic ring is 2. The summed E-state index contributed by atoms with van der Waals surface area (Å²) in [5, 5.41) is 18.9. The number of aliphatic hydroxyl groups is 1. The number of rotatable bonds is 5. The molecule has 0 aliphatic heterocycles. The molecule has 0 aliphatic rings. The third-order valence-corrected chi connectivity index (χ3v) is 3.48. The number of hydrogen-bond donors (Lipinski definition) is 5. The molecule has 0 amide bonds. The molecule has 3 rings (SSSR count). The molecule has 0 saturated carbocycles. The number of nitrogens with one attached hydrogen (secondary N) is 2. The van der Waals surface area contributed by atoms with E-state index in [-0.39, 0.29) is 36.2 Å². The molecule has 1 aromatic carbocycles. The van der Waals surface area contributed by atoms with Gasteiger partial charge >= 0.3 is 6.18 Å². The Balaban J connectivity index is 2.01. The Morgan fingerprint density at radius 2 is 1.92 bits per heavy atom. The van der Waals surface area contributed by atoms with Gasteiger partial charge in [-0.15, -0.1) is 5.10 Å². The van der Waals surface area contributed by atoms with Crippen molar-refractivity contribution < 1.29 is 18.3 Å². The molecule has 0 atom stereocenters. The topological polar surface area (TPSA) is 127 Å². The molecule has 0 bridgehead atoms. The lowest BCUT2D eigenvalue weighted by molar-refractivity contribution is -0.137. The van der Waals surface area contributed by atoms with Gasteiger partial charge in [0.05, 0.1) is 24.1 Å². The van der Waals surface area contributed by atoms with Gasteiger partial charge in [-0.2, -0.15) is 17.7 Å². The van der Waals surface area contributed by atoms with Crippen molar-refractivity contribution in [3.63, 3.8) is 0 Å². The number of fused-ring (bicyclic) bond motifs is 1. The molecule has 0 unspecified atom stereocenters. The van der Waals surface area contributed by atoms with Crippen LogP contribution in [0, 0.1) is 0 Å². The van der Waals surface area contributed by atoms with Crippen molar-refractivity contribution in [3.05, 3.63) is 36.0 Å². The van der Waals surface area contributed by atoms with Crippen LogP contribution in [0.5, 0.6) is 0 Å². The van der Waals surface area contributed by atoms with E-state index in [0.717, 1.165) is 12.1 Å². The van der Waals surface area contributed by atoms with Crippen LogP contribution in [0.1, 0.15) is 5.56 Å². The second kappa shape index (κ2) is 6.59. The van der Waals surface area contributed by atoms with E-state index in [0.29, 0.717) is 11.3 Å². The number of aliphatic hydroxyl groups excluding tert-OH is 1. The minimum atomic E-state index is -4.52. The van der Waals surface area contributed by atoms with Crippen LogP contribution in [0.25, 0.3) is 5.65 Å². The summed E-state index contributed by atoms with van der Waals surface area (Å²) in [4.78, 5) is 4.11. The van der Waals surface area contributed by atoms with Crippen molar-refractivity contribution in [2.45, 2.75) is 6.18 Å².